The van der Waals surface area contributed by atoms with Gasteiger partial charge in [0.1, 0.15) is 11.9 Å². The number of fused-ring (bicyclic) bond motifs is 1. The van der Waals surface area contributed by atoms with Gasteiger partial charge in [-0.15, -0.1) is 0 Å². The molecule has 1 unspecified atom stereocenters. The molecule has 1 aliphatic heterocycles. The molecular weight excluding hydrogens is 340 g/mol. The molecule has 1 fully saturated rings. The number of sulfonamides is 1. The highest BCUT2D eigenvalue weighted by Gasteiger charge is 2.37. The summed E-state index contributed by atoms with van der Waals surface area (Å²) in [5, 5.41) is 2.86. The number of rotatable bonds is 6. The lowest BCUT2D eigenvalue weighted by atomic mass is 10.2. The number of hydrogen-bond acceptors (Lipinski definition) is 4. The highest BCUT2D eigenvalue weighted by molar-refractivity contribution is 7.89. The van der Waals surface area contributed by atoms with Crippen molar-refractivity contribution in [2.45, 2.75) is 38.8 Å². The van der Waals surface area contributed by atoms with Crippen LogP contribution in [-0.4, -0.2) is 46.5 Å². The lowest BCUT2D eigenvalue weighted by Crippen LogP contribution is -2.46. The van der Waals surface area contributed by atoms with Gasteiger partial charge in [-0.2, -0.15) is 4.31 Å². The fourth-order valence-corrected chi connectivity index (χ4v) is 5.09. The van der Waals surface area contributed by atoms with E-state index in [0.29, 0.717) is 25.8 Å². The number of aromatic nitrogens is 2. The molecule has 1 atom stereocenters. The van der Waals surface area contributed by atoms with E-state index in [4.69, 9.17) is 0 Å². The minimum absolute atomic E-state index is 0.0849. The van der Waals surface area contributed by atoms with Crippen LogP contribution in [0.15, 0.2) is 24.3 Å². The van der Waals surface area contributed by atoms with Gasteiger partial charge in [-0.3, -0.25) is 4.79 Å². The summed E-state index contributed by atoms with van der Waals surface area (Å²) in [4.78, 5) is 17.1. The molecule has 25 heavy (non-hydrogen) atoms. The summed E-state index contributed by atoms with van der Waals surface area (Å²) in [5.41, 5.74) is 1.88. The number of carbonyl (C=O) groups is 1. The van der Waals surface area contributed by atoms with Crippen molar-refractivity contribution in [2.75, 3.05) is 12.3 Å². The molecule has 2 aromatic rings. The zero-order chi connectivity index (χ0) is 18.0. The van der Waals surface area contributed by atoms with Crippen molar-refractivity contribution in [1.29, 1.82) is 0 Å². The molecule has 1 N–H and O–H groups in total. The van der Waals surface area contributed by atoms with E-state index in [2.05, 4.69) is 10.3 Å². The minimum atomic E-state index is -3.36. The summed E-state index contributed by atoms with van der Waals surface area (Å²) >= 11 is 0. The smallest absolute Gasteiger partial charge is 0.238 e. The first-order valence-electron chi connectivity index (χ1n) is 8.61. The van der Waals surface area contributed by atoms with Crippen molar-refractivity contribution in [2.24, 2.45) is 7.05 Å². The van der Waals surface area contributed by atoms with Crippen LogP contribution in [0.4, 0.5) is 0 Å². The monoisotopic (exact) mass is 364 g/mol. The lowest BCUT2D eigenvalue weighted by Gasteiger charge is -2.23. The molecule has 0 aliphatic carbocycles. The first-order valence-corrected chi connectivity index (χ1v) is 10.2. The Morgan fingerprint density at radius 3 is 2.84 bits per heavy atom. The van der Waals surface area contributed by atoms with Gasteiger partial charge in [0.25, 0.3) is 0 Å². The van der Waals surface area contributed by atoms with Crippen molar-refractivity contribution in [3.8, 4) is 0 Å². The van der Waals surface area contributed by atoms with Gasteiger partial charge < -0.3 is 9.88 Å². The fourth-order valence-electron chi connectivity index (χ4n) is 3.35. The first-order chi connectivity index (χ1) is 11.9. The van der Waals surface area contributed by atoms with Gasteiger partial charge in [-0.1, -0.05) is 19.1 Å². The van der Waals surface area contributed by atoms with Gasteiger partial charge in [-0.25, -0.2) is 13.4 Å². The highest BCUT2D eigenvalue weighted by Crippen LogP contribution is 2.22. The fraction of sp³-hybridized carbons (Fsp3) is 0.529. The molecule has 7 nitrogen and oxygen atoms in total. The molecule has 0 bridgehead atoms. The Morgan fingerprint density at radius 2 is 2.12 bits per heavy atom. The number of carbonyl (C=O) groups excluding carboxylic acids is 1. The van der Waals surface area contributed by atoms with E-state index in [1.807, 2.05) is 42.8 Å². The number of amides is 1. The summed E-state index contributed by atoms with van der Waals surface area (Å²) in [6, 6.07) is 7.17. The maximum Gasteiger partial charge on any atom is 0.238 e. The maximum absolute atomic E-state index is 12.6. The normalized spacial score (nSPS) is 18.7. The zero-order valence-corrected chi connectivity index (χ0v) is 15.4. The van der Waals surface area contributed by atoms with Gasteiger partial charge in [-0.05, 0) is 31.4 Å². The Balaban J connectivity index is 1.70. The number of nitrogens with one attached hydrogen (secondary N) is 1. The van der Waals surface area contributed by atoms with Crippen LogP contribution in [0.25, 0.3) is 11.0 Å². The van der Waals surface area contributed by atoms with Crippen LogP contribution < -0.4 is 5.32 Å². The molecule has 1 aromatic carbocycles. The summed E-state index contributed by atoms with van der Waals surface area (Å²) < 4.78 is 27.9. The number of imidazole rings is 1. The molecule has 136 valence electrons. The van der Waals surface area contributed by atoms with Gasteiger partial charge >= 0.3 is 0 Å². The van der Waals surface area contributed by atoms with E-state index in [0.717, 1.165) is 16.9 Å². The summed E-state index contributed by atoms with van der Waals surface area (Å²) in [5.74, 6) is 0.585. The molecule has 0 spiro atoms. The van der Waals surface area contributed by atoms with Crippen LogP contribution in [0.3, 0.4) is 0 Å². The highest BCUT2D eigenvalue weighted by atomic mass is 32.2. The van der Waals surface area contributed by atoms with Gasteiger partial charge in [0.15, 0.2) is 0 Å². The van der Waals surface area contributed by atoms with Crippen LogP contribution in [0, 0.1) is 0 Å². The van der Waals surface area contributed by atoms with Crippen molar-refractivity contribution < 1.29 is 13.2 Å². The Bertz CT molecular complexity index is 875. The molecule has 3 rings (SSSR count). The third kappa shape index (κ3) is 3.55. The molecule has 1 aromatic heterocycles. The quantitative estimate of drug-likeness (QED) is 0.840. The third-order valence-corrected chi connectivity index (χ3v) is 6.70. The van der Waals surface area contributed by atoms with Crippen LogP contribution in [0.2, 0.25) is 0 Å². The molecule has 0 saturated carbocycles. The second-order valence-electron chi connectivity index (χ2n) is 6.38. The first kappa shape index (κ1) is 17.9. The van der Waals surface area contributed by atoms with Crippen molar-refractivity contribution >= 4 is 27.0 Å². The Kier molecular flexibility index (Phi) is 5.10. The SMILES string of the molecule is CCCS(=O)(=O)N1CCCC1C(=O)NCc1nc2ccccc2n1C. The third-order valence-electron chi connectivity index (χ3n) is 4.63. The van der Waals surface area contributed by atoms with E-state index < -0.39 is 16.1 Å². The largest absolute Gasteiger partial charge is 0.347 e. The van der Waals surface area contributed by atoms with Gasteiger partial charge in [0.2, 0.25) is 15.9 Å². The summed E-state index contributed by atoms with van der Waals surface area (Å²) in [6.45, 7) is 2.53. The Hall–Kier alpha value is -1.93. The van der Waals surface area contributed by atoms with Crippen LogP contribution in [-0.2, 0) is 28.4 Å². The van der Waals surface area contributed by atoms with Gasteiger partial charge in [0.05, 0.1) is 23.3 Å². The number of aryl methyl sites for hydroxylation is 1. The van der Waals surface area contributed by atoms with E-state index in [9.17, 15) is 13.2 Å². The van der Waals surface area contributed by atoms with Crippen LogP contribution in [0.5, 0.6) is 0 Å². The van der Waals surface area contributed by atoms with Crippen LogP contribution >= 0.6 is 0 Å². The Labute approximate surface area is 148 Å². The van der Waals surface area contributed by atoms with Crippen molar-refractivity contribution in [1.82, 2.24) is 19.2 Å². The van der Waals surface area contributed by atoms with Crippen molar-refractivity contribution in [3.05, 3.63) is 30.1 Å². The Morgan fingerprint density at radius 1 is 1.36 bits per heavy atom. The predicted molar refractivity (Wildman–Crippen MR) is 96.4 cm³/mol. The number of benzene rings is 1. The maximum atomic E-state index is 12.6. The van der Waals surface area contributed by atoms with Crippen LogP contribution in [0.1, 0.15) is 32.0 Å². The van der Waals surface area contributed by atoms with E-state index in [1.54, 1.807) is 0 Å². The molecule has 1 aliphatic rings. The summed E-state index contributed by atoms with van der Waals surface area (Å²) in [7, 11) is -1.46. The molecule has 1 amide bonds. The molecule has 0 radical (unpaired) electrons. The predicted octanol–water partition coefficient (Wildman–Crippen LogP) is 1.39. The van der Waals surface area contributed by atoms with E-state index in [1.165, 1.54) is 4.31 Å². The minimum Gasteiger partial charge on any atom is -0.347 e. The number of hydrogen-bond donors (Lipinski definition) is 1. The number of para-hydroxylation sites is 2. The standard InChI is InChI=1S/C17H24N4O3S/c1-3-11-25(23,24)21-10-6-9-15(21)17(22)18-12-16-19-13-7-4-5-8-14(13)20(16)2/h4-5,7-8,15H,3,6,9-12H2,1-2H3,(H,18,22). The van der Waals surface area contributed by atoms with E-state index >= 15 is 0 Å². The second kappa shape index (κ2) is 7.13. The molecular formula is C17H24N4O3S. The molecule has 1 saturated heterocycles. The lowest BCUT2D eigenvalue weighted by molar-refractivity contribution is -0.124. The summed E-state index contributed by atoms with van der Waals surface area (Å²) in [6.07, 6.45) is 1.83. The average molecular weight is 364 g/mol. The topological polar surface area (TPSA) is 84.3 Å². The van der Waals surface area contributed by atoms with Gasteiger partial charge in [0, 0.05) is 13.6 Å². The second-order valence-corrected chi connectivity index (χ2v) is 8.42. The van der Waals surface area contributed by atoms with E-state index in [-0.39, 0.29) is 18.2 Å². The number of nitrogens with zero attached hydrogens (tertiary/aromatic N) is 3. The average Bonchev–Trinajstić information content (AvgIpc) is 3.19. The van der Waals surface area contributed by atoms with Crippen molar-refractivity contribution in [3.63, 3.8) is 0 Å². The molecule has 8 heteroatoms. The molecule has 2 heterocycles. The zero-order valence-electron chi connectivity index (χ0n) is 14.6.